The summed E-state index contributed by atoms with van der Waals surface area (Å²) >= 11 is 9.45. The molecule has 2 amide bonds. The van der Waals surface area contributed by atoms with Crippen molar-refractivity contribution in [3.8, 4) is 10.6 Å². The normalized spacial score (nSPS) is 16.4. The summed E-state index contributed by atoms with van der Waals surface area (Å²) in [7, 11) is 0. The van der Waals surface area contributed by atoms with Gasteiger partial charge in [-0.3, -0.25) is 9.59 Å². The van der Waals surface area contributed by atoms with E-state index in [9.17, 15) is 9.59 Å². The lowest BCUT2D eigenvalue weighted by atomic mass is 10.1. The third-order valence-corrected chi connectivity index (χ3v) is 7.12. The maximum Gasteiger partial charge on any atom is 0.225 e. The molecule has 3 aromatic rings. The number of nitrogens with one attached hydrogen (secondary N) is 1. The summed E-state index contributed by atoms with van der Waals surface area (Å²) in [4.78, 5) is 33.3. The number of carbonyl (C=O) groups is 2. The number of hydrogen-bond acceptors (Lipinski definition) is 5. The third kappa shape index (κ3) is 4.69. The molecule has 1 N–H and O–H groups in total. The number of carbonyl (C=O) groups excluding carboxylic acids is 2. The van der Waals surface area contributed by atoms with Gasteiger partial charge in [-0.15, -0.1) is 22.7 Å². The Morgan fingerprint density at radius 3 is 2.90 bits per heavy atom. The fourth-order valence-electron chi connectivity index (χ4n) is 3.34. The second kappa shape index (κ2) is 8.65. The Labute approximate surface area is 182 Å². The molecule has 0 spiro atoms. The first-order valence-corrected chi connectivity index (χ1v) is 11.4. The monoisotopic (exact) mass is 445 g/mol. The molecule has 1 aliphatic heterocycles. The van der Waals surface area contributed by atoms with E-state index in [4.69, 9.17) is 11.6 Å². The van der Waals surface area contributed by atoms with Crippen LogP contribution in [0.4, 0.5) is 0 Å². The fourth-order valence-corrected chi connectivity index (χ4v) is 5.13. The molecule has 5 nitrogen and oxygen atoms in total. The van der Waals surface area contributed by atoms with Crippen LogP contribution in [0.2, 0.25) is 5.02 Å². The second-order valence-electron chi connectivity index (χ2n) is 7.00. The Morgan fingerprint density at radius 2 is 2.14 bits per heavy atom. The average Bonchev–Trinajstić information content (AvgIpc) is 3.42. The van der Waals surface area contributed by atoms with Gasteiger partial charge >= 0.3 is 0 Å². The second-order valence-corrected chi connectivity index (χ2v) is 9.64. The summed E-state index contributed by atoms with van der Waals surface area (Å²) < 4.78 is 0. The van der Waals surface area contributed by atoms with Crippen LogP contribution in [0.15, 0.2) is 41.8 Å². The van der Waals surface area contributed by atoms with E-state index in [2.05, 4.69) is 10.3 Å². The molecule has 0 bridgehead atoms. The zero-order chi connectivity index (χ0) is 20.4. The van der Waals surface area contributed by atoms with Crippen LogP contribution in [0.3, 0.4) is 0 Å². The Balaban J connectivity index is 1.32. The lowest BCUT2D eigenvalue weighted by molar-refractivity contribution is -0.129. The van der Waals surface area contributed by atoms with Gasteiger partial charge in [-0.05, 0) is 30.7 Å². The molecule has 1 saturated heterocycles. The quantitative estimate of drug-likeness (QED) is 0.607. The molecule has 0 saturated carbocycles. The summed E-state index contributed by atoms with van der Waals surface area (Å²) in [5.74, 6) is -0.424. The lowest BCUT2D eigenvalue weighted by Crippen LogP contribution is -2.32. The van der Waals surface area contributed by atoms with Gasteiger partial charge in [-0.25, -0.2) is 4.98 Å². The van der Waals surface area contributed by atoms with Crippen molar-refractivity contribution < 1.29 is 9.59 Å². The van der Waals surface area contributed by atoms with E-state index in [-0.39, 0.29) is 24.2 Å². The lowest BCUT2D eigenvalue weighted by Gasteiger charge is -2.17. The van der Waals surface area contributed by atoms with Gasteiger partial charge in [0, 0.05) is 34.8 Å². The molecule has 1 atom stereocenters. The van der Waals surface area contributed by atoms with E-state index >= 15 is 0 Å². The number of likely N-dealkylation sites (tertiary alicyclic amines) is 1. The fraction of sp³-hybridized carbons (Fsp3) is 0.286. The van der Waals surface area contributed by atoms with Crippen LogP contribution in [0.5, 0.6) is 0 Å². The van der Waals surface area contributed by atoms with E-state index in [0.29, 0.717) is 24.7 Å². The van der Waals surface area contributed by atoms with E-state index in [1.54, 1.807) is 27.6 Å². The van der Waals surface area contributed by atoms with Crippen LogP contribution in [-0.4, -0.2) is 28.2 Å². The number of thiophene rings is 1. The van der Waals surface area contributed by atoms with Gasteiger partial charge < -0.3 is 10.2 Å². The first-order chi connectivity index (χ1) is 14.0. The molecule has 29 heavy (non-hydrogen) atoms. The zero-order valence-electron chi connectivity index (χ0n) is 15.9. The smallest absolute Gasteiger partial charge is 0.225 e. The van der Waals surface area contributed by atoms with Gasteiger partial charge in [-0.2, -0.15) is 0 Å². The third-order valence-electron chi connectivity index (χ3n) is 4.87. The Bertz CT molecular complexity index is 1050. The van der Waals surface area contributed by atoms with Crippen molar-refractivity contribution >= 4 is 46.1 Å². The van der Waals surface area contributed by atoms with Gasteiger partial charge in [-0.1, -0.05) is 29.8 Å². The number of hydrogen-bond donors (Lipinski definition) is 1. The van der Waals surface area contributed by atoms with Crippen LogP contribution in [0, 0.1) is 12.8 Å². The molecular formula is C21H20ClN3O2S2. The number of halogens is 1. The number of thiazole rings is 1. The van der Waals surface area contributed by atoms with Crippen molar-refractivity contribution in [2.45, 2.75) is 26.4 Å². The summed E-state index contributed by atoms with van der Waals surface area (Å²) in [6.45, 7) is 3.30. The maximum atomic E-state index is 12.6. The molecule has 0 aliphatic carbocycles. The summed E-state index contributed by atoms with van der Waals surface area (Å²) in [6.07, 6.45) is 0.240. The van der Waals surface area contributed by atoms with Crippen molar-refractivity contribution in [2.75, 3.05) is 6.54 Å². The van der Waals surface area contributed by atoms with E-state index in [1.165, 1.54) is 0 Å². The minimum atomic E-state index is -0.328. The van der Waals surface area contributed by atoms with E-state index in [0.717, 1.165) is 26.0 Å². The molecule has 3 heterocycles. The SMILES string of the molecule is Cc1nc(-c2ccc(CNC(=O)C3CC(=O)N(Cc4ccccc4Cl)C3)s2)cs1. The summed E-state index contributed by atoms with van der Waals surface area (Å²) in [5, 5.41) is 6.69. The van der Waals surface area contributed by atoms with E-state index < -0.39 is 0 Å². The molecule has 4 rings (SSSR count). The standard InChI is InChI=1S/C21H20ClN3O2S2/c1-13-24-18(12-28-13)19-7-6-16(29-19)9-23-21(27)15-8-20(26)25(11-15)10-14-4-2-3-5-17(14)22/h2-7,12,15H,8-11H2,1H3,(H,23,27). The molecule has 1 aliphatic rings. The Kier molecular flexibility index (Phi) is 5.99. The largest absolute Gasteiger partial charge is 0.351 e. The highest BCUT2D eigenvalue weighted by Crippen LogP contribution is 2.29. The maximum absolute atomic E-state index is 12.6. The van der Waals surface area contributed by atoms with Gasteiger partial charge in [0.05, 0.1) is 28.0 Å². The Morgan fingerprint density at radius 1 is 1.31 bits per heavy atom. The van der Waals surface area contributed by atoms with Crippen LogP contribution in [0.1, 0.15) is 21.9 Å². The highest BCUT2D eigenvalue weighted by molar-refractivity contribution is 7.16. The number of nitrogens with zero attached hydrogens (tertiary/aromatic N) is 2. The van der Waals surface area contributed by atoms with Crippen LogP contribution < -0.4 is 5.32 Å². The highest BCUT2D eigenvalue weighted by atomic mass is 35.5. The first-order valence-electron chi connectivity index (χ1n) is 9.29. The predicted molar refractivity (Wildman–Crippen MR) is 117 cm³/mol. The molecule has 8 heteroatoms. The van der Waals surface area contributed by atoms with Crippen molar-refractivity contribution in [1.29, 1.82) is 0 Å². The van der Waals surface area contributed by atoms with Crippen molar-refractivity contribution in [2.24, 2.45) is 5.92 Å². The number of aromatic nitrogens is 1. The zero-order valence-corrected chi connectivity index (χ0v) is 18.2. The molecule has 1 fully saturated rings. The first kappa shape index (κ1) is 20.1. The minimum absolute atomic E-state index is 0.0117. The minimum Gasteiger partial charge on any atom is -0.351 e. The molecule has 0 radical (unpaired) electrons. The van der Waals surface area contributed by atoms with Crippen LogP contribution in [-0.2, 0) is 22.7 Å². The molecule has 150 valence electrons. The van der Waals surface area contributed by atoms with Crippen LogP contribution in [0.25, 0.3) is 10.6 Å². The molecule has 1 aromatic carbocycles. The Hall–Kier alpha value is -2.22. The number of rotatable bonds is 6. The molecule has 2 aromatic heterocycles. The van der Waals surface area contributed by atoms with Gasteiger partial charge in [0.1, 0.15) is 0 Å². The number of aryl methyl sites for hydroxylation is 1. The van der Waals surface area contributed by atoms with E-state index in [1.807, 2.05) is 48.7 Å². The molecule has 1 unspecified atom stereocenters. The predicted octanol–water partition coefficient (Wildman–Crippen LogP) is 4.50. The van der Waals surface area contributed by atoms with Crippen LogP contribution >= 0.6 is 34.3 Å². The number of amides is 2. The van der Waals surface area contributed by atoms with Gasteiger partial charge in [0.2, 0.25) is 11.8 Å². The van der Waals surface area contributed by atoms with Gasteiger partial charge in [0.15, 0.2) is 0 Å². The summed E-state index contributed by atoms with van der Waals surface area (Å²) in [5.41, 5.74) is 1.87. The van der Waals surface area contributed by atoms with Crippen molar-refractivity contribution in [3.63, 3.8) is 0 Å². The summed E-state index contributed by atoms with van der Waals surface area (Å²) in [6, 6.07) is 11.5. The molecular weight excluding hydrogens is 426 g/mol. The topological polar surface area (TPSA) is 62.3 Å². The average molecular weight is 446 g/mol. The highest BCUT2D eigenvalue weighted by Gasteiger charge is 2.34. The van der Waals surface area contributed by atoms with Crippen molar-refractivity contribution in [3.05, 3.63) is 62.2 Å². The number of benzene rings is 1. The van der Waals surface area contributed by atoms with Crippen molar-refractivity contribution in [1.82, 2.24) is 15.2 Å². The van der Waals surface area contributed by atoms with Gasteiger partial charge in [0.25, 0.3) is 0 Å².